The van der Waals surface area contributed by atoms with Crippen LogP contribution in [-0.4, -0.2) is 37.4 Å². The second-order valence-corrected chi connectivity index (χ2v) is 8.98. The number of aliphatic hydroxyl groups excluding tert-OH is 1. The molecule has 0 atom stereocenters. The summed E-state index contributed by atoms with van der Waals surface area (Å²) in [6.07, 6.45) is 4.71. The normalized spacial score (nSPS) is 21.3. The number of halogens is 3. The number of anilines is 1. The van der Waals surface area contributed by atoms with Crippen molar-refractivity contribution in [1.29, 1.82) is 0 Å². The number of alkyl halides is 3. The monoisotopic (exact) mass is 459 g/mol. The van der Waals surface area contributed by atoms with Gasteiger partial charge < -0.3 is 10.4 Å². The average molecular weight is 459 g/mol. The van der Waals surface area contributed by atoms with E-state index in [1.165, 1.54) is 0 Å². The van der Waals surface area contributed by atoms with Gasteiger partial charge in [0.2, 0.25) is 0 Å². The number of carbonyl (C=O) groups excluding carboxylic acids is 1. The van der Waals surface area contributed by atoms with E-state index in [2.05, 4.69) is 15.3 Å². The lowest BCUT2D eigenvalue weighted by Gasteiger charge is -2.27. The van der Waals surface area contributed by atoms with Crippen molar-refractivity contribution >= 4 is 22.5 Å². The van der Waals surface area contributed by atoms with Gasteiger partial charge in [-0.15, -0.1) is 0 Å². The molecule has 0 aliphatic heterocycles. The molecule has 0 saturated heterocycles. The largest absolute Gasteiger partial charge is 0.434 e. The molecule has 3 aromatic rings. The number of amides is 1. The SMILES string of the molecule is O=C(Nc1cc2cn(C3CCC(CO)CC3)nc2cc1C1CC1)c1cncc(C(F)(F)F)n1. The van der Waals surface area contributed by atoms with Gasteiger partial charge in [0.05, 0.1) is 24.0 Å². The molecule has 0 spiro atoms. The van der Waals surface area contributed by atoms with Crippen LogP contribution in [0.3, 0.4) is 0 Å². The number of hydrogen-bond acceptors (Lipinski definition) is 5. The fourth-order valence-electron chi connectivity index (χ4n) is 4.52. The molecule has 5 rings (SSSR count). The zero-order valence-corrected chi connectivity index (χ0v) is 17.8. The van der Waals surface area contributed by atoms with E-state index >= 15 is 0 Å². The van der Waals surface area contributed by atoms with Crippen molar-refractivity contribution in [1.82, 2.24) is 19.7 Å². The Bertz CT molecular complexity index is 1180. The fraction of sp³-hybridized carbons (Fsp3) is 0.478. The molecule has 2 aromatic heterocycles. The minimum atomic E-state index is -4.67. The van der Waals surface area contributed by atoms with E-state index < -0.39 is 17.8 Å². The Balaban J connectivity index is 1.42. The van der Waals surface area contributed by atoms with E-state index in [0.29, 0.717) is 23.7 Å². The van der Waals surface area contributed by atoms with Crippen LogP contribution in [0.25, 0.3) is 10.9 Å². The van der Waals surface area contributed by atoms with E-state index in [1.54, 1.807) is 0 Å². The number of benzene rings is 1. The Kier molecular flexibility index (Phi) is 5.55. The van der Waals surface area contributed by atoms with Gasteiger partial charge in [-0.05, 0) is 68.1 Å². The molecule has 174 valence electrons. The number of fused-ring (bicyclic) bond motifs is 1. The predicted octanol–water partition coefficient (Wildman–Crippen LogP) is 4.70. The molecule has 1 aromatic carbocycles. The molecule has 2 heterocycles. The number of nitrogens with one attached hydrogen (secondary N) is 1. The van der Waals surface area contributed by atoms with Crippen molar-refractivity contribution in [2.75, 3.05) is 11.9 Å². The molecule has 7 nitrogen and oxygen atoms in total. The van der Waals surface area contributed by atoms with Gasteiger partial charge in [0.1, 0.15) is 5.69 Å². The highest BCUT2D eigenvalue weighted by Gasteiger charge is 2.34. The van der Waals surface area contributed by atoms with E-state index in [1.807, 2.05) is 23.0 Å². The van der Waals surface area contributed by atoms with Gasteiger partial charge >= 0.3 is 6.18 Å². The molecule has 2 aliphatic carbocycles. The summed E-state index contributed by atoms with van der Waals surface area (Å²) in [6, 6.07) is 4.07. The first-order valence-corrected chi connectivity index (χ1v) is 11.2. The molecule has 2 saturated carbocycles. The van der Waals surface area contributed by atoms with Crippen molar-refractivity contribution in [2.45, 2.75) is 56.7 Å². The number of rotatable bonds is 5. The molecule has 33 heavy (non-hydrogen) atoms. The summed E-state index contributed by atoms with van der Waals surface area (Å²) >= 11 is 0. The van der Waals surface area contributed by atoms with Crippen molar-refractivity contribution in [3.63, 3.8) is 0 Å². The summed E-state index contributed by atoms with van der Waals surface area (Å²) in [5.74, 6) is -0.0829. The Labute approximate surface area is 188 Å². The highest BCUT2D eigenvalue weighted by Crippen LogP contribution is 2.45. The Hall–Kier alpha value is -3.01. The van der Waals surface area contributed by atoms with Gasteiger partial charge in [-0.2, -0.15) is 18.3 Å². The summed E-state index contributed by atoms with van der Waals surface area (Å²) < 4.78 is 40.8. The summed E-state index contributed by atoms with van der Waals surface area (Å²) in [5.41, 5.74) is 0.744. The van der Waals surface area contributed by atoms with Crippen LogP contribution in [-0.2, 0) is 6.18 Å². The van der Waals surface area contributed by atoms with E-state index in [-0.39, 0.29) is 18.3 Å². The van der Waals surface area contributed by atoms with Gasteiger partial charge in [0.15, 0.2) is 5.69 Å². The summed E-state index contributed by atoms with van der Waals surface area (Å²) in [7, 11) is 0. The number of hydrogen-bond donors (Lipinski definition) is 2. The van der Waals surface area contributed by atoms with Crippen LogP contribution < -0.4 is 5.32 Å². The van der Waals surface area contributed by atoms with Crippen LogP contribution in [0.4, 0.5) is 18.9 Å². The molecular formula is C23H24F3N5O2. The maximum Gasteiger partial charge on any atom is 0.434 e. The van der Waals surface area contributed by atoms with Gasteiger partial charge in [0, 0.05) is 23.9 Å². The second kappa shape index (κ2) is 8.40. The fourth-order valence-corrected chi connectivity index (χ4v) is 4.52. The minimum absolute atomic E-state index is 0.220. The Morgan fingerprint density at radius 2 is 1.88 bits per heavy atom. The van der Waals surface area contributed by atoms with Gasteiger partial charge in [-0.3, -0.25) is 14.5 Å². The van der Waals surface area contributed by atoms with Crippen LogP contribution >= 0.6 is 0 Å². The zero-order chi connectivity index (χ0) is 23.2. The van der Waals surface area contributed by atoms with Crippen LogP contribution in [0.2, 0.25) is 0 Å². The first kappa shape index (κ1) is 21.8. The third kappa shape index (κ3) is 4.57. The highest BCUT2D eigenvalue weighted by molar-refractivity contribution is 6.04. The second-order valence-electron chi connectivity index (χ2n) is 8.98. The number of aromatic nitrogens is 4. The van der Waals surface area contributed by atoms with Gasteiger partial charge in [0.25, 0.3) is 5.91 Å². The van der Waals surface area contributed by atoms with Crippen LogP contribution in [0, 0.1) is 5.92 Å². The van der Waals surface area contributed by atoms with E-state index in [0.717, 1.165) is 61.2 Å². The lowest BCUT2D eigenvalue weighted by Crippen LogP contribution is -2.20. The molecule has 0 bridgehead atoms. The third-order valence-electron chi connectivity index (χ3n) is 6.56. The van der Waals surface area contributed by atoms with Crippen molar-refractivity contribution in [3.8, 4) is 0 Å². The van der Waals surface area contributed by atoms with E-state index in [9.17, 15) is 23.1 Å². The summed E-state index contributed by atoms with van der Waals surface area (Å²) in [4.78, 5) is 19.7. The summed E-state index contributed by atoms with van der Waals surface area (Å²) in [5, 5.41) is 17.7. The van der Waals surface area contributed by atoms with Crippen LogP contribution in [0.15, 0.2) is 30.7 Å². The lowest BCUT2D eigenvalue weighted by molar-refractivity contribution is -0.141. The number of nitrogens with zero attached hydrogens (tertiary/aromatic N) is 4. The smallest absolute Gasteiger partial charge is 0.396 e. The first-order valence-electron chi connectivity index (χ1n) is 11.2. The van der Waals surface area contributed by atoms with Gasteiger partial charge in [-0.1, -0.05) is 0 Å². The third-order valence-corrected chi connectivity index (χ3v) is 6.56. The maximum absolute atomic E-state index is 13.0. The van der Waals surface area contributed by atoms with Crippen molar-refractivity contribution < 1.29 is 23.1 Å². The molecule has 10 heteroatoms. The standard InChI is InChI=1S/C23H24F3N5O2/c24-23(25,26)21-10-27-9-20(28-21)22(33)29-19-7-15-11-31(16-5-1-13(12-32)2-6-16)30-18(15)8-17(19)14-3-4-14/h7-11,13-14,16,32H,1-6,12H2,(H,29,33). The quantitative estimate of drug-likeness (QED) is 0.577. The maximum atomic E-state index is 13.0. The van der Waals surface area contributed by atoms with Crippen molar-refractivity contribution in [3.05, 3.63) is 47.7 Å². The van der Waals surface area contributed by atoms with Crippen LogP contribution in [0.5, 0.6) is 0 Å². The molecule has 2 aliphatic rings. The minimum Gasteiger partial charge on any atom is -0.396 e. The average Bonchev–Trinajstić information content (AvgIpc) is 3.57. The number of aliphatic hydroxyl groups is 1. The molecule has 0 unspecified atom stereocenters. The zero-order valence-electron chi connectivity index (χ0n) is 17.8. The van der Waals surface area contributed by atoms with Gasteiger partial charge in [-0.25, -0.2) is 4.98 Å². The van der Waals surface area contributed by atoms with Crippen LogP contribution in [0.1, 0.15) is 72.2 Å². The molecule has 2 N–H and O–H groups in total. The number of carbonyl (C=O) groups is 1. The molecule has 1 amide bonds. The summed E-state index contributed by atoms with van der Waals surface area (Å²) in [6.45, 7) is 0.220. The first-order chi connectivity index (χ1) is 15.8. The topological polar surface area (TPSA) is 92.9 Å². The molecular weight excluding hydrogens is 435 g/mol. The predicted molar refractivity (Wildman–Crippen MR) is 115 cm³/mol. The molecule has 0 radical (unpaired) electrons. The van der Waals surface area contributed by atoms with Crippen molar-refractivity contribution in [2.24, 2.45) is 5.92 Å². The highest BCUT2D eigenvalue weighted by atomic mass is 19.4. The Morgan fingerprint density at radius 1 is 1.12 bits per heavy atom. The van der Waals surface area contributed by atoms with E-state index in [4.69, 9.17) is 5.10 Å². The lowest BCUT2D eigenvalue weighted by atomic mass is 9.87. The Morgan fingerprint density at radius 3 is 2.55 bits per heavy atom. The molecule has 2 fully saturated rings.